The molecule has 1 aromatic carbocycles. The minimum Gasteiger partial charge on any atom is -0.398 e. The predicted molar refractivity (Wildman–Crippen MR) is 76.3 cm³/mol. The number of nitrogens with one attached hydrogen (secondary N) is 1. The molecular weight excluding hydrogens is 264 g/mol. The number of benzene rings is 1. The molecule has 1 aromatic rings. The van der Waals surface area contributed by atoms with Gasteiger partial charge < -0.3 is 15.8 Å². The van der Waals surface area contributed by atoms with Gasteiger partial charge in [-0.25, -0.2) is 0 Å². The maximum absolute atomic E-state index is 12.1. The zero-order valence-corrected chi connectivity index (χ0v) is 11.7. The molecule has 1 aliphatic rings. The maximum atomic E-state index is 12.1. The number of nitrogens with two attached hydrogens (primary N) is 1. The molecule has 1 heterocycles. The van der Waals surface area contributed by atoms with Crippen LogP contribution < -0.4 is 11.1 Å². The van der Waals surface area contributed by atoms with Crippen LogP contribution in [0.25, 0.3) is 0 Å². The molecule has 1 fully saturated rings. The number of rotatable bonds is 4. The van der Waals surface area contributed by atoms with Crippen LogP contribution in [0.5, 0.6) is 0 Å². The van der Waals surface area contributed by atoms with E-state index in [4.69, 9.17) is 22.1 Å². The van der Waals surface area contributed by atoms with Gasteiger partial charge in [0.2, 0.25) is 0 Å². The molecule has 0 radical (unpaired) electrons. The average molecular weight is 283 g/mol. The highest BCUT2D eigenvalue weighted by molar-refractivity contribution is 6.31. The molecule has 1 aliphatic heterocycles. The second-order valence-corrected chi connectivity index (χ2v) is 5.24. The van der Waals surface area contributed by atoms with Crippen molar-refractivity contribution in [1.82, 2.24) is 5.32 Å². The zero-order chi connectivity index (χ0) is 13.8. The van der Waals surface area contributed by atoms with Crippen molar-refractivity contribution in [2.75, 3.05) is 18.9 Å². The SMILES string of the molecule is CCC1OCCC1CNC(=O)c1cc(Cl)ccc1N. The molecule has 1 saturated heterocycles. The summed E-state index contributed by atoms with van der Waals surface area (Å²) in [5, 5.41) is 3.42. The van der Waals surface area contributed by atoms with E-state index in [1.165, 1.54) is 0 Å². The fraction of sp³-hybridized carbons (Fsp3) is 0.500. The summed E-state index contributed by atoms with van der Waals surface area (Å²) in [4.78, 5) is 12.1. The van der Waals surface area contributed by atoms with Crippen molar-refractivity contribution in [3.8, 4) is 0 Å². The first-order valence-corrected chi connectivity index (χ1v) is 6.94. The summed E-state index contributed by atoms with van der Waals surface area (Å²) >= 11 is 5.88. The normalized spacial score (nSPS) is 22.4. The second kappa shape index (κ2) is 6.26. The Hall–Kier alpha value is -1.26. The monoisotopic (exact) mass is 282 g/mol. The van der Waals surface area contributed by atoms with Gasteiger partial charge in [-0.15, -0.1) is 0 Å². The number of halogens is 1. The summed E-state index contributed by atoms with van der Waals surface area (Å²) in [6.07, 6.45) is 2.21. The topological polar surface area (TPSA) is 64.3 Å². The van der Waals surface area contributed by atoms with Gasteiger partial charge in [-0.3, -0.25) is 4.79 Å². The summed E-state index contributed by atoms with van der Waals surface area (Å²) in [7, 11) is 0. The van der Waals surface area contributed by atoms with Gasteiger partial charge in [0.15, 0.2) is 0 Å². The lowest BCUT2D eigenvalue weighted by Crippen LogP contribution is -2.33. The Morgan fingerprint density at radius 2 is 2.37 bits per heavy atom. The van der Waals surface area contributed by atoms with E-state index in [0.717, 1.165) is 19.4 Å². The highest BCUT2D eigenvalue weighted by Gasteiger charge is 2.27. The van der Waals surface area contributed by atoms with E-state index in [-0.39, 0.29) is 12.0 Å². The minimum atomic E-state index is -0.179. The fourth-order valence-corrected chi connectivity index (χ4v) is 2.59. The van der Waals surface area contributed by atoms with E-state index in [1.54, 1.807) is 18.2 Å². The van der Waals surface area contributed by atoms with E-state index in [9.17, 15) is 4.79 Å². The van der Waals surface area contributed by atoms with Crippen molar-refractivity contribution in [1.29, 1.82) is 0 Å². The van der Waals surface area contributed by atoms with Gasteiger partial charge in [0.1, 0.15) is 0 Å². The van der Waals surface area contributed by atoms with Crippen LogP contribution in [-0.2, 0) is 4.74 Å². The van der Waals surface area contributed by atoms with Crippen LogP contribution in [0.3, 0.4) is 0 Å². The fourth-order valence-electron chi connectivity index (χ4n) is 2.42. The molecule has 2 rings (SSSR count). The van der Waals surface area contributed by atoms with E-state index in [2.05, 4.69) is 12.2 Å². The molecule has 2 atom stereocenters. The number of anilines is 1. The first-order chi connectivity index (χ1) is 9.11. The third-order valence-electron chi connectivity index (χ3n) is 3.53. The number of carbonyl (C=O) groups is 1. The Bertz CT molecular complexity index is 465. The predicted octanol–water partition coefficient (Wildman–Crippen LogP) is 2.47. The molecular formula is C14H19ClN2O2. The van der Waals surface area contributed by atoms with Gasteiger partial charge in [-0.05, 0) is 31.0 Å². The molecule has 4 nitrogen and oxygen atoms in total. The summed E-state index contributed by atoms with van der Waals surface area (Å²) in [6, 6.07) is 4.91. The molecule has 3 N–H and O–H groups in total. The lowest BCUT2D eigenvalue weighted by atomic mass is 9.99. The molecule has 0 spiro atoms. The maximum Gasteiger partial charge on any atom is 0.253 e. The van der Waals surface area contributed by atoms with Gasteiger partial charge >= 0.3 is 0 Å². The third-order valence-corrected chi connectivity index (χ3v) is 3.77. The van der Waals surface area contributed by atoms with Crippen LogP contribution in [-0.4, -0.2) is 25.2 Å². The third kappa shape index (κ3) is 3.39. The molecule has 2 unspecified atom stereocenters. The van der Waals surface area contributed by atoms with E-state index >= 15 is 0 Å². The summed E-state index contributed by atoms with van der Waals surface area (Å²) < 4.78 is 5.60. The standard InChI is InChI=1S/C14H19ClN2O2/c1-2-13-9(5-6-19-13)8-17-14(18)11-7-10(15)3-4-12(11)16/h3-4,7,9,13H,2,5-6,8,16H2,1H3,(H,17,18). The Morgan fingerprint density at radius 1 is 1.58 bits per heavy atom. The van der Waals surface area contributed by atoms with Crippen LogP contribution >= 0.6 is 11.6 Å². The summed E-state index contributed by atoms with van der Waals surface area (Å²) in [6.45, 7) is 3.49. The Labute approximate surface area is 118 Å². The van der Waals surface area contributed by atoms with Gasteiger partial charge in [-0.2, -0.15) is 0 Å². The molecule has 19 heavy (non-hydrogen) atoms. The van der Waals surface area contributed by atoms with Crippen LogP contribution in [0.15, 0.2) is 18.2 Å². The molecule has 0 aromatic heterocycles. The van der Waals surface area contributed by atoms with E-state index in [0.29, 0.717) is 28.7 Å². The van der Waals surface area contributed by atoms with Crippen LogP contribution in [0.1, 0.15) is 30.1 Å². The Balaban J connectivity index is 1.96. The van der Waals surface area contributed by atoms with Crippen LogP contribution in [0.4, 0.5) is 5.69 Å². The van der Waals surface area contributed by atoms with Gasteiger partial charge in [-0.1, -0.05) is 18.5 Å². The lowest BCUT2D eigenvalue weighted by molar-refractivity contribution is 0.0827. The second-order valence-electron chi connectivity index (χ2n) is 4.81. The van der Waals surface area contributed by atoms with Crippen LogP contribution in [0, 0.1) is 5.92 Å². The van der Waals surface area contributed by atoms with Gasteiger partial charge in [0, 0.05) is 29.8 Å². The molecule has 0 saturated carbocycles. The van der Waals surface area contributed by atoms with Gasteiger partial charge in [0.05, 0.1) is 11.7 Å². The highest BCUT2D eigenvalue weighted by Crippen LogP contribution is 2.23. The van der Waals surface area contributed by atoms with Crippen molar-refractivity contribution in [3.63, 3.8) is 0 Å². The largest absolute Gasteiger partial charge is 0.398 e. The lowest BCUT2D eigenvalue weighted by Gasteiger charge is -2.17. The van der Waals surface area contributed by atoms with Crippen molar-refractivity contribution >= 4 is 23.2 Å². The molecule has 5 heteroatoms. The number of amides is 1. The number of hydrogen-bond acceptors (Lipinski definition) is 3. The smallest absolute Gasteiger partial charge is 0.253 e. The van der Waals surface area contributed by atoms with Crippen molar-refractivity contribution in [3.05, 3.63) is 28.8 Å². The quantitative estimate of drug-likeness (QED) is 0.834. The first-order valence-electron chi connectivity index (χ1n) is 6.56. The first kappa shape index (κ1) is 14.2. The molecule has 1 amide bonds. The summed E-state index contributed by atoms with van der Waals surface area (Å²) in [5.41, 5.74) is 6.65. The van der Waals surface area contributed by atoms with E-state index < -0.39 is 0 Å². The average Bonchev–Trinajstić information content (AvgIpc) is 2.86. The zero-order valence-electron chi connectivity index (χ0n) is 11.0. The molecule has 104 valence electrons. The number of ether oxygens (including phenoxy) is 1. The molecule has 0 aliphatic carbocycles. The highest BCUT2D eigenvalue weighted by atomic mass is 35.5. The Morgan fingerprint density at radius 3 is 3.11 bits per heavy atom. The Kier molecular flexibility index (Phi) is 4.66. The van der Waals surface area contributed by atoms with Crippen molar-refractivity contribution in [2.45, 2.75) is 25.9 Å². The number of carbonyl (C=O) groups excluding carboxylic acids is 1. The van der Waals surface area contributed by atoms with E-state index in [1.807, 2.05) is 0 Å². The van der Waals surface area contributed by atoms with Crippen LogP contribution in [0.2, 0.25) is 5.02 Å². The molecule has 0 bridgehead atoms. The summed E-state index contributed by atoms with van der Waals surface area (Å²) in [5.74, 6) is 0.205. The number of nitrogen functional groups attached to an aromatic ring is 1. The van der Waals surface area contributed by atoms with Gasteiger partial charge in [0.25, 0.3) is 5.91 Å². The minimum absolute atomic E-state index is 0.179. The van der Waals surface area contributed by atoms with Crippen molar-refractivity contribution < 1.29 is 9.53 Å². The van der Waals surface area contributed by atoms with Crippen molar-refractivity contribution in [2.24, 2.45) is 5.92 Å². The number of hydrogen-bond donors (Lipinski definition) is 2.